The summed E-state index contributed by atoms with van der Waals surface area (Å²) < 4.78 is 0. The number of hydrogen-bond acceptors (Lipinski definition) is 1. The van der Waals surface area contributed by atoms with Crippen LogP contribution < -0.4 is 0 Å². The fourth-order valence-electron chi connectivity index (χ4n) is 0.795. The van der Waals surface area contributed by atoms with E-state index in [1.165, 1.54) is 11.1 Å². The van der Waals surface area contributed by atoms with Gasteiger partial charge in [-0.25, -0.2) is 0 Å². The highest BCUT2D eigenvalue weighted by atomic mass is 35.5. The summed E-state index contributed by atoms with van der Waals surface area (Å²) in [6, 6.07) is 0.591. The smallest absolute Gasteiger partial charge is 0.0743 e. The predicted octanol–water partition coefficient (Wildman–Crippen LogP) is 3.42. The minimum Gasteiger partial charge on any atom is -0.283 e. The number of alkyl halides is 1. The number of hydrogen-bond donors (Lipinski definition) is 0. The summed E-state index contributed by atoms with van der Waals surface area (Å²) in [4.78, 5) is 2.18. The SMILES string of the molecule is CC(C)=CCN(CCl)CC=C(C)C. The van der Waals surface area contributed by atoms with Crippen LogP contribution in [0.4, 0.5) is 0 Å². The summed E-state index contributed by atoms with van der Waals surface area (Å²) in [7, 11) is 0. The summed E-state index contributed by atoms with van der Waals surface area (Å²) in [5, 5.41) is 0. The molecule has 0 rings (SSSR count). The van der Waals surface area contributed by atoms with Gasteiger partial charge >= 0.3 is 0 Å². The van der Waals surface area contributed by atoms with E-state index in [0.29, 0.717) is 6.00 Å². The summed E-state index contributed by atoms with van der Waals surface area (Å²) in [5.74, 6) is 0. The topological polar surface area (TPSA) is 3.24 Å². The molecule has 76 valence electrons. The average molecular weight is 202 g/mol. The Labute approximate surface area is 87.1 Å². The molecule has 0 aliphatic rings. The van der Waals surface area contributed by atoms with Gasteiger partial charge in [0, 0.05) is 13.1 Å². The molecule has 1 nitrogen and oxygen atoms in total. The van der Waals surface area contributed by atoms with Crippen LogP contribution in [0.15, 0.2) is 23.3 Å². The Hall–Kier alpha value is -0.270. The highest BCUT2D eigenvalue weighted by Crippen LogP contribution is 1.98. The zero-order valence-corrected chi connectivity index (χ0v) is 9.86. The van der Waals surface area contributed by atoms with Crippen molar-refractivity contribution in [2.45, 2.75) is 27.7 Å². The van der Waals surface area contributed by atoms with Gasteiger partial charge in [-0.1, -0.05) is 23.3 Å². The number of halogens is 1. The minimum atomic E-state index is 0.591. The van der Waals surface area contributed by atoms with E-state index in [0.717, 1.165) is 13.1 Å². The number of allylic oxidation sites excluding steroid dienone is 2. The molecule has 0 amide bonds. The second-order valence-electron chi connectivity index (χ2n) is 3.72. The van der Waals surface area contributed by atoms with Gasteiger partial charge in [-0.3, -0.25) is 4.90 Å². The van der Waals surface area contributed by atoms with Gasteiger partial charge in [0.25, 0.3) is 0 Å². The zero-order chi connectivity index (χ0) is 10.3. The van der Waals surface area contributed by atoms with E-state index in [2.05, 4.69) is 44.7 Å². The normalized spacial score (nSPS) is 10.0. The van der Waals surface area contributed by atoms with Crippen molar-refractivity contribution in [3.05, 3.63) is 23.3 Å². The first-order valence-electron chi connectivity index (χ1n) is 4.61. The summed E-state index contributed by atoms with van der Waals surface area (Å²) in [5.41, 5.74) is 2.68. The van der Waals surface area contributed by atoms with Crippen LogP contribution >= 0.6 is 11.6 Å². The third-order valence-electron chi connectivity index (χ3n) is 1.68. The first-order valence-corrected chi connectivity index (χ1v) is 5.14. The van der Waals surface area contributed by atoms with E-state index in [-0.39, 0.29) is 0 Å². The van der Waals surface area contributed by atoms with E-state index in [1.807, 2.05) is 0 Å². The molecular weight excluding hydrogens is 182 g/mol. The molecule has 0 atom stereocenters. The molecule has 0 aromatic carbocycles. The molecular formula is C11H20ClN. The molecule has 0 saturated heterocycles. The van der Waals surface area contributed by atoms with Crippen molar-refractivity contribution in [2.75, 3.05) is 19.1 Å². The minimum absolute atomic E-state index is 0.591. The lowest BCUT2D eigenvalue weighted by Crippen LogP contribution is -2.22. The maximum absolute atomic E-state index is 5.80. The third-order valence-corrected chi connectivity index (χ3v) is 2.02. The predicted molar refractivity (Wildman–Crippen MR) is 61.2 cm³/mol. The van der Waals surface area contributed by atoms with Crippen LogP contribution in [0.5, 0.6) is 0 Å². The Morgan fingerprint density at radius 3 is 1.62 bits per heavy atom. The Morgan fingerprint density at radius 2 is 1.38 bits per heavy atom. The lowest BCUT2D eigenvalue weighted by molar-refractivity contribution is 0.390. The molecule has 2 heteroatoms. The molecule has 0 bridgehead atoms. The molecule has 0 fully saturated rings. The number of nitrogens with zero attached hydrogens (tertiary/aromatic N) is 1. The molecule has 0 heterocycles. The lowest BCUT2D eigenvalue weighted by Gasteiger charge is -2.15. The lowest BCUT2D eigenvalue weighted by atomic mass is 10.3. The van der Waals surface area contributed by atoms with E-state index < -0.39 is 0 Å². The standard InChI is InChI=1S/C11H20ClN/c1-10(2)5-7-13(9-12)8-6-11(3)4/h5-6H,7-9H2,1-4H3. The summed E-state index contributed by atoms with van der Waals surface area (Å²) >= 11 is 5.80. The maximum Gasteiger partial charge on any atom is 0.0743 e. The van der Waals surface area contributed by atoms with Gasteiger partial charge in [-0.15, -0.1) is 11.6 Å². The van der Waals surface area contributed by atoms with Gasteiger partial charge in [-0.05, 0) is 27.7 Å². The molecule has 0 spiro atoms. The van der Waals surface area contributed by atoms with Crippen LogP contribution in [0.3, 0.4) is 0 Å². The monoisotopic (exact) mass is 201 g/mol. The van der Waals surface area contributed by atoms with Crippen LogP contribution in [0.2, 0.25) is 0 Å². The van der Waals surface area contributed by atoms with Crippen molar-refractivity contribution in [3.63, 3.8) is 0 Å². The van der Waals surface area contributed by atoms with E-state index in [4.69, 9.17) is 11.6 Å². The molecule has 0 saturated carbocycles. The first-order chi connectivity index (χ1) is 6.06. The van der Waals surface area contributed by atoms with Crippen molar-refractivity contribution in [3.8, 4) is 0 Å². The van der Waals surface area contributed by atoms with Gasteiger partial charge in [0.2, 0.25) is 0 Å². The van der Waals surface area contributed by atoms with Crippen molar-refractivity contribution in [1.29, 1.82) is 0 Å². The summed E-state index contributed by atoms with van der Waals surface area (Å²) in [6.45, 7) is 10.3. The number of rotatable bonds is 5. The maximum atomic E-state index is 5.80. The Morgan fingerprint density at radius 1 is 1.00 bits per heavy atom. The Bertz CT molecular complexity index is 166. The molecule has 0 unspecified atom stereocenters. The molecule has 0 aliphatic carbocycles. The van der Waals surface area contributed by atoms with E-state index in [1.54, 1.807) is 0 Å². The third kappa shape index (κ3) is 8.07. The first kappa shape index (κ1) is 12.7. The van der Waals surface area contributed by atoms with E-state index >= 15 is 0 Å². The van der Waals surface area contributed by atoms with Crippen molar-refractivity contribution < 1.29 is 0 Å². The van der Waals surface area contributed by atoms with Gasteiger partial charge < -0.3 is 0 Å². The zero-order valence-electron chi connectivity index (χ0n) is 9.10. The van der Waals surface area contributed by atoms with Gasteiger partial charge in [0.15, 0.2) is 0 Å². The van der Waals surface area contributed by atoms with E-state index in [9.17, 15) is 0 Å². The van der Waals surface area contributed by atoms with Crippen LogP contribution in [-0.2, 0) is 0 Å². The van der Waals surface area contributed by atoms with Crippen LogP contribution in [-0.4, -0.2) is 24.0 Å². The largest absolute Gasteiger partial charge is 0.283 e. The highest BCUT2D eigenvalue weighted by Gasteiger charge is 1.97. The molecule has 0 radical (unpaired) electrons. The van der Waals surface area contributed by atoms with Crippen molar-refractivity contribution in [2.24, 2.45) is 0 Å². The molecule has 13 heavy (non-hydrogen) atoms. The molecule has 0 aliphatic heterocycles. The Balaban J connectivity index is 3.90. The quantitative estimate of drug-likeness (QED) is 0.374. The molecule has 0 N–H and O–H groups in total. The fraction of sp³-hybridized carbons (Fsp3) is 0.636. The average Bonchev–Trinajstić information content (AvgIpc) is 2.04. The second-order valence-corrected chi connectivity index (χ2v) is 3.96. The molecule has 0 aromatic rings. The summed E-state index contributed by atoms with van der Waals surface area (Å²) in [6.07, 6.45) is 4.39. The Kier molecular flexibility index (Phi) is 7.02. The highest BCUT2D eigenvalue weighted by molar-refractivity contribution is 6.17. The van der Waals surface area contributed by atoms with Crippen molar-refractivity contribution in [1.82, 2.24) is 4.90 Å². The van der Waals surface area contributed by atoms with Gasteiger partial charge in [-0.2, -0.15) is 0 Å². The van der Waals surface area contributed by atoms with Gasteiger partial charge in [0.05, 0.1) is 6.00 Å². The second kappa shape index (κ2) is 7.16. The van der Waals surface area contributed by atoms with Crippen LogP contribution in [0, 0.1) is 0 Å². The van der Waals surface area contributed by atoms with Crippen molar-refractivity contribution >= 4 is 11.6 Å². The van der Waals surface area contributed by atoms with Crippen LogP contribution in [0.25, 0.3) is 0 Å². The van der Waals surface area contributed by atoms with Crippen LogP contribution in [0.1, 0.15) is 27.7 Å². The van der Waals surface area contributed by atoms with Gasteiger partial charge in [0.1, 0.15) is 0 Å². The molecule has 0 aromatic heterocycles. The fourth-order valence-corrected chi connectivity index (χ4v) is 0.991.